The Labute approximate surface area is 154 Å². The average molecular weight is 397 g/mol. The van der Waals surface area contributed by atoms with Crippen LogP contribution < -0.4 is 10.3 Å². The topological polar surface area (TPSA) is 87.3 Å². The first-order chi connectivity index (χ1) is 13.1. The summed E-state index contributed by atoms with van der Waals surface area (Å²) in [6, 6.07) is 5.70. The van der Waals surface area contributed by atoms with E-state index in [2.05, 4.69) is 9.72 Å². The molecule has 7 nitrogen and oxygen atoms in total. The van der Waals surface area contributed by atoms with Gasteiger partial charge in [-0.2, -0.15) is 0 Å². The lowest BCUT2D eigenvalue weighted by Gasteiger charge is -2.20. The Kier molecular flexibility index (Phi) is 4.75. The molecule has 3 aromatic rings. The molecule has 1 unspecified atom stereocenters. The summed E-state index contributed by atoms with van der Waals surface area (Å²) in [7, 11) is 0. The maximum atomic E-state index is 14.6. The molecule has 0 bridgehead atoms. The lowest BCUT2D eigenvalue weighted by Crippen LogP contribution is -2.25. The summed E-state index contributed by atoms with van der Waals surface area (Å²) in [4.78, 5) is 26.4. The van der Waals surface area contributed by atoms with Crippen molar-refractivity contribution in [3.05, 3.63) is 74.4 Å². The molecule has 3 rings (SSSR count). The fraction of sp³-hybridized carbons (Fsp3) is 0.176. The van der Waals surface area contributed by atoms with Crippen LogP contribution >= 0.6 is 0 Å². The number of non-ortho nitro benzene ring substituents is 1. The second kappa shape index (κ2) is 6.91. The molecule has 0 aliphatic carbocycles. The van der Waals surface area contributed by atoms with Crippen LogP contribution in [0.25, 0.3) is 11.0 Å². The first-order valence-corrected chi connectivity index (χ1v) is 7.78. The molecular weight excluding hydrogens is 386 g/mol. The van der Waals surface area contributed by atoms with E-state index in [-0.39, 0.29) is 22.3 Å². The van der Waals surface area contributed by atoms with Crippen LogP contribution in [0.15, 0.2) is 47.4 Å². The highest BCUT2D eigenvalue weighted by atomic mass is 19.4. The van der Waals surface area contributed by atoms with Crippen LogP contribution in [0.3, 0.4) is 0 Å². The van der Waals surface area contributed by atoms with Crippen molar-refractivity contribution < 1.29 is 27.2 Å². The first kappa shape index (κ1) is 19.3. The molecule has 0 saturated heterocycles. The van der Waals surface area contributed by atoms with Crippen LogP contribution in [0.2, 0.25) is 0 Å². The second-order valence-corrected chi connectivity index (χ2v) is 5.78. The fourth-order valence-corrected chi connectivity index (χ4v) is 2.83. The number of halogens is 4. The molecule has 0 amide bonds. The van der Waals surface area contributed by atoms with Crippen molar-refractivity contribution >= 4 is 16.7 Å². The Morgan fingerprint density at radius 1 is 1.25 bits per heavy atom. The third-order valence-electron chi connectivity index (χ3n) is 4.04. The molecule has 2 aromatic carbocycles. The number of nitrogens with zero attached hydrogens (tertiary/aromatic N) is 3. The molecule has 11 heteroatoms. The second-order valence-electron chi connectivity index (χ2n) is 5.78. The molecule has 1 aromatic heterocycles. The Morgan fingerprint density at radius 2 is 1.96 bits per heavy atom. The summed E-state index contributed by atoms with van der Waals surface area (Å²) >= 11 is 0. The third kappa shape index (κ3) is 3.63. The van der Waals surface area contributed by atoms with Crippen LogP contribution in [0.1, 0.15) is 18.5 Å². The van der Waals surface area contributed by atoms with E-state index < -0.39 is 34.5 Å². The number of benzene rings is 2. The molecule has 0 N–H and O–H groups in total. The summed E-state index contributed by atoms with van der Waals surface area (Å²) in [5.74, 6) is -2.30. The predicted molar refractivity (Wildman–Crippen MR) is 89.6 cm³/mol. The van der Waals surface area contributed by atoms with Gasteiger partial charge >= 0.3 is 6.36 Å². The monoisotopic (exact) mass is 397 g/mol. The lowest BCUT2D eigenvalue weighted by molar-refractivity contribution is -0.384. The minimum absolute atomic E-state index is 0.101. The van der Waals surface area contributed by atoms with Gasteiger partial charge in [0.05, 0.1) is 28.2 Å². The molecule has 0 saturated carbocycles. The van der Waals surface area contributed by atoms with E-state index in [1.807, 2.05) is 0 Å². The highest BCUT2D eigenvalue weighted by Gasteiger charge is 2.33. The molecule has 0 fully saturated rings. The number of hydrogen-bond donors (Lipinski definition) is 0. The molecule has 0 aliphatic heterocycles. The highest BCUT2D eigenvalue weighted by Crippen LogP contribution is 2.32. The van der Waals surface area contributed by atoms with Gasteiger partial charge in [0, 0.05) is 17.7 Å². The Bertz CT molecular complexity index is 1130. The van der Waals surface area contributed by atoms with Crippen LogP contribution in [-0.4, -0.2) is 20.8 Å². The van der Waals surface area contributed by atoms with Gasteiger partial charge < -0.3 is 4.74 Å². The Balaban J connectivity index is 2.15. The molecule has 146 valence electrons. The zero-order valence-electron chi connectivity index (χ0n) is 14.1. The number of nitro groups is 1. The van der Waals surface area contributed by atoms with Crippen LogP contribution in [0.5, 0.6) is 5.75 Å². The van der Waals surface area contributed by atoms with E-state index >= 15 is 0 Å². The number of nitro benzene ring substituents is 1. The smallest absolute Gasteiger partial charge is 0.403 e. The summed E-state index contributed by atoms with van der Waals surface area (Å²) in [6.45, 7) is 1.40. The maximum absolute atomic E-state index is 14.6. The zero-order valence-corrected chi connectivity index (χ0v) is 14.1. The van der Waals surface area contributed by atoms with E-state index in [0.29, 0.717) is 0 Å². The normalized spacial score (nSPS) is 12.8. The molecule has 1 heterocycles. The van der Waals surface area contributed by atoms with Crippen molar-refractivity contribution in [3.8, 4) is 5.75 Å². The fourth-order valence-electron chi connectivity index (χ4n) is 2.83. The minimum Gasteiger partial charge on any atom is -0.403 e. The zero-order chi connectivity index (χ0) is 20.6. The Hall–Kier alpha value is -3.50. The van der Waals surface area contributed by atoms with Gasteiger partial charge in [0.2, 0.25) is 0 Å². The summed E-state index contributed by atoms with van der Waals surface area (Å²) in [6.07, 6.45) is -4.18. The largest absolute Gasteiger partial charge is 0.573 e. The molecule has 1 atom stereocenters. The van der Waals surface area contributed by atoms with Gasteiger partial charge in [-0.3, -0.25) is 19.5 Å². The van der Waals surface area contributed by atoms with Crippen molar-refractivity contribution in [1.82, 2.24) is 9.55 Å². The van der Waals surface area contributed by atoms with E-state index in [1.54, 1.807) is 0 Å². The lowest BCUT2D eigenvalue weighted by atomic mass is 10.1. The number of aromatic nitrogens is 2. The molecular formula is C17H11F4N3O4. The van der Waals surface area contributed by atoms with Gasteiger partial charge in [-0.05, 0) is 19.1 Å². The van der Waals surface area contributed by atoms with Crippen LogP contribution in [-0.2, 0) is 0 Å². The van der Waals surface area contributed by atoms with Gasteiger partial charge in [0.15, 0.2) is 11.6 Å². The van der Waals surface area contributed by atoms with Gasteiger partial charge in [-0.25, -0.2) is 9.37 Å². The molecule has 28 heavy (non-hydrogen) atoms. The quantitative estimate of drug-likeness (QED) is 0.378. The average Bonchev–Trinajstić information content (AvgIpc) is 2.61. The Morgan fingerprint density at radius 3 is 2.61 bits per heavy atom. The van der Waals surface area contributed by atoms with E-state index in [1.165, 1.54) is 19.1 Å². The summed E-state index contributed by atoms with van der Waals surface area (Å²) in [5, 5.41) is 10.9. The van der Waals surface area contributed by atoms with E-state index in [0.717, 1.165) is 35.0 Å². The number of hydrogen-bond acceptors (Lipinski definition) is 5. The minimum atomic E-state index is -5.08. The van der Waals surface area contributed by atoms with Crippen molar-refractivity contribution in [2.75, 3.05) is 0 Å². The number of alkyl halides is 3. The number of rotatable bonds is 4. The maximum Gasteiger partial charge on any atom is 0.573 e. The van der Waals surface area contributed by atoms with Crippen LogP contribution in [0.4, 0.5) is 23.2 Å². The number of fused-ring (bicyclic) bond motifs is 1. The van der Waals surface area contributed by atoms with Gasteiger partial charge in [0.1, 0.15) is 0 Å². The number of ether oxygens (including phenoxy) is 1. The SMILES string of the molecule is CC(c1cccc(OC(F)(F)F)c1F)n1c(=O)cnc2cc([N+](=O)[O-])ccc21. The summed E-state index contributed by atoms with van der Waals surface area (Å²) < 4.78 is 56.7. The molecule has 0 spiro atoms. The van der Waals surface area contributed by atoms with Crippen LogP contribution in [0, 0.1) is 15.9 Å². The van der Waals surface area contributed by atoms with Gasteiger partial charge in [0.25, 0.3) is 11.2 Å². The summed E-state index contributed by atoms with van der Waals surface area (Å²) in [5.41, 5.74) is -0.884. The molecule has 0 aliphatic rings. The molecule has 0 radical (unpaired) electrons. The van der Waals surface area contributed by atoms with Crippen molar-refractivity contribution in [3.63, 3.8) is 0 Å². The van der Waals surface area contributed by atoms with Gasteiger partial charge in [-0.1, -0.05) is 12.1 Å². The first-order valence-electron chi connectivity index (χ1n) is 7.78. The van der Waals surface area contributed by atoms with Crippen molar-refractivity contribution in [1.29, 1.82) is 0 Å². The standard InChI is InChI=1S/C17H11F4N3O4/c1-9(11-3-2-4-14(16(11)18)28-17(19,20)21)23-13-6-5-10(24(26)27)7-12(13)22-8-15(23)25/h2-9H,1H3. The predicted octanol–water partition coefficient (Wildman–Crippen LogP) is 3.95. The van der Waals surface area contributed by atoms with Gasteiger partial charge in [-0.15, -0.1) is 13.2 Å². The third-order valence-corrected chi connectivity index (χ3v) is 4.04. The van der Waals surface area contributed by atoms with E-state index in [4.69, 9.17) is 0 Å². The highest BCUT2D eigenvalue weighted by molar-refractivity contribution is 5.77. The van der Waals surface area contributed by atoms with Crippen molar-refractivity contribution in [2.24, 2.45) is 0 Å². The van der Waals surface area contributed by atoms with E-state index in [9.17, 15) is 32.5 Å². The van der Waals surface area contributed by atoms with Crippen molar-refractivity contribution in [2.45, 2.75) is 19.3 Å².